The number of aromatic nitrogens is 2. The number of anilines is 1. The quantitative estimate of drug-likeness (QED) is 0.774. The number of nitrogens with zero attached hydrogens (tertiary/aromatic N) is 3. The molecule has 1 unspecified atom stereocenters. The molecule has 0 spiro atoms. The third-order valence-electron chi connectivity index (χ3n) is 3.28. The summed E-state index contributed by atoms with van der Waals surface area (Å²) in [6, 6.07) is 1.93. The highest BCUT2D eigenvalue weighted by Gasteiger charge is 2.19. The fourth-order valence-electron chi connectivity index (χ4n) is 2.27. The third-order valence-corrected chi connectivity index (χ3v) is 3.73. The van der Waals surface area contributed by atoms with Gasteiger partial charge in [0.2, 0.25) is 11.3 Å². The van der Waals surface area contributed by atoms with E-state index in [4.69, 9.17) is 4.55 Å². The zero-order chi connectivity index (χ0) is 12.8. The van der Waals surface area contributed by atoms with Crippen molar-refractivity contribution < 1.29 is 8.76 Å². The Hall–Kier alpha value is -1.05. The van der Waals surface area contributed by atoms with Crippen LogP contribution in [0.15, 0.2) is 18.6 Å². The van der Waals surface area contributed by atoms with Crippen LogP contribution in [0.2, 0.25) is 0 Å². The maximum absolute atomic E-state index is 10.5. The molecule has 2 N–H and O–H groups in total. The molecular formula is C11H18N4O2S. The van der Waals surface area contributed by atoms with E-state index in [2.05, 4.69) is 19.6 Å². The lowest BCUT2D eigenvalue weighted by Crippen LogP contribution is -2.35. The van der Waals surface area contributed by atoms with Gasteiger partial charge in [0, 0.05) is 25.8 Å². The summed E-state index contributed by atoms with van der Waals surface area (Å²) in [6.45, 7) is 2.58. The first kappa shape index (κ1) is 13.4. The lowest BCUT2D eigenvalue weighted by molar-refractivity contribution is 0.380. The van der Waals surface area contributed by atoms with Crippen LogP contribution in [0.25, 0.3) is 0 Å². The molecular weight excluding hydrogens is 252 g/mol. The third kappa shape index (κ3) is 4.01. The molecule has 1 aliphatic rings. The molecule has 0 aromatic carbocycles. The van der Waals surface area contributed by atoms with E-state index in [1.165, 1.54) is 0 Å². The van der Waals surface area contributed by atoms with E-state index in [9.17, 15) is 4.21 Å². The molecule has 0 aliphatic carbocycles. The fraction of sp³-hybridized carbons (Fsp3) is 0.636. The zero-order valence-electron chi connectivity index (χ0n) is 10.2. The van der Waals surface area contributed by atoms with E-state index in [0.717, 1.165) is 38.2 Å². The smallest absolute Gasteiger partial charge is 0.231 e. The molecule has 1 aromatic rings. The Morgan fingerprint density at radius 1 is 1.50 bits per heavy atom. The van der Waals surface area contributed by atoms with Crippen LogP contribution in [0.3, 0.4) is 0 Å². The zero-order valence-corrected chi connectivity index (χ0v) is 11.0. The van der Waals surface area contributed by atoms with Crippen molar-refractivity contribution in [3.63, 3.8) is 0 Å². The molecule has 1 aromatic heterocycles. The summed E-state index contributed by atoms with van der Waals surface area (Å²) in [4.78, 5) is 10.4. The highest BCUT2D eigenvalue weighted by Crippen LogP contribution is 2.23. The molecule has 0 amide bonds. The second-order valence-electron chi connectivity index (χ2n) is 4.43. The highest BCUT2D eigenvalue weighted by molar-refractivity contribution is 7.77. The minimum atomic E-state index is -1.88. The molecule has 0 saturated carbocycles. The second kappa shape index (κ2) is 6.77. The Morgan fingerprint density at radius 2 is 2.28 bits per heavy atom. The van der Waals surface area contributed by atoms with Crippen molar-refractivity contribution in [2.45, 2.75) is 19.3 Å². The molecule has 100 valence electrons. The molecule has 0 bridgehead atoms. The van der Waals surface area contributed by atoms with Gasteiger partial charge in [-0.1, -0.05) is 0 Å². The van der Waals surface area contributed by atoms with Gasteiger partial charge in [0.25, 0.3) is 0 Å². The van der Waals surface area contributed by atoms with Gasteiger partial charge in [0.1, 0.15) is 12.1 Å². The average molecular weight is 270 g/mol. The summed E-state index contributed by atoms with van der Waals surface area (Å²) in [5.74, 6) is 1.61. The lowest BCUT2D eigenvalue weighted by Gasteiger charge is -2.32. The first-order chi connectivity index (χ1) is 8.75. The van der Waals surface area contributed by atoms with Crippen molar-refractivity contribution in [3.8, 4) is 0 Å². The van der Waals surface area contributed by atoms with Gasteiger partial charge in [-0.3, -0.25) is 4.55 Å². The Balaban J connectivity index is 1.73. The minimum absolute atomic E-state index is 0.598. The van der Waals surface area contributed by atoms with Crippen molar-refractivity contribution in [2.24, 2.45) is 5.92 Å². The molecule has 2 rings (SSSR count). The predicted octanol–water partition coefficient (Wildman–Crippen LogP) is 0.809. The standard InChI is InChI=1S/C11H18N4O2S/c16-18(17)14-6-1-10-3-7-15(8-4-10)11-2-5-12-9-13-11/h2,5,9-10,14H,1,3-4,6-8H2,(H,16,17). The van der Waals surface area contributed by atoms with Crippen LogP contribution in [-0.2, 0) is 11.3 Å². The molecule has 1 aliphatic heterocycles. The number of hydrogen-bond acceptors (Lipinski definition) is 4. The summed E-state index contributed by atoms with van der Waals surface area (Å²) in [5, 5.41) is 0. The van der Waals surface area contributed by atoms with Gasteiger partial charge in [-0.2, -0.15) is 0 Å². The largest absolute Gasteiger partial charge is 0.357 e. The average Bonchev–Trinajstić information content (AvgIpc) is 2.40. The van der Waals surface area contributed by atoms with E-state index in [-0.39, 0.29) is 0 Å². The number of nitrogens with one attached hydrogen (secondary N) is 1. The van der Waals surface area contributed by atoms with E-state index in [0.29, 0.717) is 12.5 Å². The van der Waals surface area contributed by atoms with Crippen LogP contribution >= 0.6 is 0 Å². The van der Waals surface area contributed by atoms with Crippen LogP contribution in [0, 0.1) is 5.92 Å². The summed E-state index contributed by atoms with van der Waals surface area (Å²) >= 11 is -1.88. The minimum Gasteiger partial charge on any atom is -0.357 e. The number of piperidine rings is 1. The van der Waals surface area contributed by atoms with Gasteiger partial charge < -0.3 is 4.90 Å². The summed E-state index contributed by atoms with van der Waals surface area (Å²) in [7, 11) is 0. The maximum Gasteiger partial charge on any atom is 0.231 e. The van der Waals surface area contributed by atoms with Crippen LogP contribution in [-0.4, -0.2) is 38.4 Å². The Morgan fingerprint density at radius 3 is 2.89 bits per heavy atom. The summed E-state index contributed by atoms with van der Waals surface area (Å²) in [6.07, 6.45) is 6.48. The Bertz CT molecular complexity index is 382. The van der Waals surface area contributed by atoms with E-state index in [1.54, 1.807) is 12.5 Å². The highest BCUT2D eigenvalue weighted by atomic mass is 32.2. The van der Waals surface area contributed by atoms with Gasteiger partial charge >= 0.3 is 0 Å². The van der Waals surface area contributed by atoms with Crippen LogP contribution in [0.4, 0.5) is 5.82 Å². The van der Waals surface area contributed by atoms with Crippen molar-refractivity contribution in [3.05, 3.63) is 18.6 Å². The van der Waals surface area contributed by atoms with Gasteiger partial charge in [-0.15, -0.1) is 0 Å². The number of hydrogen-bond donors (Lipinski definition) is 2. The van der Waals surface area contributed by atoms with Gasteiger partial charge in [0.15, 0.2) is 0 Å². The normalized spacial score (nSPS) is 18.8. The van der Waals surface area contributed by atoms with Gasteiger partial charge in [-0.05, 0) is 31.2 Å². The van der Waals surface area contributed by atoms with Crippen molar-refractivity contribution in [1.82, 2.24) is 14.7 Å². The SMILES string of the molecule is O=S(O)NCCC1CCN(c2ccncn2)CC1. The fourth-order valence-corrected chi connectivity index (χ4v) is 2.56. The van der Waals surface area contributed by atoms with Crippen LogP contribution in [0.5, 0.6) is 0 Å². The Labute approximate surface area is 109 Å². The molecule has 18 heavy (non-hydrogen) atoms. The molecule has 1 fully saturated rings. The Kier molecular flexibility index (Phi) is 5.03. The van der Waals surface area contributed by atoms with E-state index < -0.39 is 11.3 Å². The first-order valence-electron chi connectivity index (χ1n) is 6.11. The van der Waals surface area contributed by atoms with Gasteiger partial charge in [-0.25, -0.2) is 18.9 Å². The van der Waals surface area contributed by atoms with Crippen LogP contribution < -0.4 is 9.62 Å². The molecule has 2 heterocycles. The molecule has 0 radical (unpaired) electrons. The van der Waals surface area contributed by atoms with E-state index in [1.807, 2.05) is 6.07 Å². The van der Waals surface area contributed by atoms with Crippen molar-refractivity contribution >= 4 is 17.1 Å². The monoisotopic (exact) mass is 270 g/mol. The second-order valence-corrected chi connectivity index (χ2v) is 5.22. The topological polar surface area (TPSA) is 78.4 Å². The molecule has 7 heteroatoms. The van der Waals surface area contributed by atoms with E-state index >= 15 is 0 Å². The molecule has 1 atom stereocenters. The lowest BCUT2D eigenvalue weighted by atomic mass is 9.94. The summed E-state index contributed by atoms with van der Waals surface area (Å²) in [5.41, 5.74) is 0. The van der Waals surface area contributed by atoms with Crippen molar-refractivity contribution in [2.75, 3.05) is 24.5 Å². The number of rotatable bonds is 5. The van der Waals surface area contributed by atoms with Crippen molar-refractivity contribution in [1.29, 1.82) is 0 Å². The van der Waals surface area contributed by atoms with Gasteiger partial charge in [0.05, 0.1) is 0 Å². The first-order valence-corrected chi connectivity index (χ1v) is 7.21. The van der Waals surface area contributed by atoms with Crippen LogP contribution in [0.1, 0.15) is 19.3 Å². The predicted molar refractivity (Wildman–Crippen MR) is 70.4 cm³/mol. The summed E-state index contributed by atoms with van der Waals surface area (Å²) < 4.78 is 21.6. The molecule has 6 nitrogen and oxygen atoms in total. The maximum atomic E-state index is 10.5. The molecule has 1 saturated heterocycles.